The van der Waals surface area contributed by atoms with Gasteiger partial charge < -0.3 is 0 Å². The largest absolute Gasteiger partial charge is 0.286 e. The smallest absolute Gasteiger partial charge is 0.258 e. The Morgan fingerprint density at radius 1 is 1.62 bits per heavy atom. The highest BCUT2D eigenvalue weighted by Crippen LogP contribution is 2.26. The Kier molecular flexibility index (Phi) is 2.49. The van der Waals surface area contributed by atoms with E-state index in [0.717, 1.165) is 12.1 Å². The minimum Gasteiger partial charge on any atom is -0.258 e. The Balaban J connectivity index is 3.44. The highest BCUT2D eigenvalue weighted by atomic mass is 32.1. The van der Waals surface area contributed by atoms with E-state index < -0.39 is 16.4 Å². The third-order valence-corrected chi connectivity index (χ3v) is 1.81. The summed E-state index contributed by atoms with van der Waals surface area (Å²) in [5.74, 6) is -0.867. The third kappa shape index (κ3) is 1.76. The molecule has 1 aromatic rings. The van der Waals surface area contributed by atoms with E-state index in [9.17, 15) is 14.5 Å². The Hall–Kier alpha value is -1.61. The van der Waals surface area contributed by atoms with Crippen LogP contribution in [0.3, 0.4) is 0 Å². The van der Waals surface area contributed by atoms with Crippen molar-refractivity contribution < 1.29 is 9.31 Å². The second-order valence-corrected chi connectivity index (χ2v) is 2.64. The lowest BCUT2D eigenvalue weighted by atomic mass is 10.2. The van der Waals surface area contributed by atoms with Gasteiger partial charge in [0.05, 0.1) is 16.6 Å². The molecule has 0 saturated heterocycles. The molecule has 0 saturated carbocycles. The molecule has 0 aliphatic heterocycles. The van der Waals surface area contributed by atoms with Gasteiger partial charge in [0.1, 0.15) is 10.7 Å². The summed E-state index contributed by atoms with van der Waals surface area (Å²) < 4.78 is 12.9. The number of hydrogen-bond acceptors (Lipinski definition) is 4. The summed E-state index contributed by atoms with van der Waals surface area (Å²) in [5, 5.41) is 18.7. The summed E-state index contributed by atoms with van der Waals surface area (Å²) in [6.45, 7) is 0. The van der Waals surface area contributed by atoms with Crippen LogP contribution >= 0.6 is 12.6 Å². The zero-order valence-electron chi connectivity index (χ0n) is 6.19. The van der Waals surface area contributed by atoms with Crippen molar-refractivity contribution in [1.29, 1.82) is 5.26 Å². The van der Waals surface area contributed by atoms with E-state index in [2.05, 4.69) is 12.6 Å². The van der Waals surface area contributed by atoms with Crippen LogP contribution in [0.15, 0.2) is 17.0 Å². The van der Waals surface area contributed by atoms with Gasteiger partial charge in [-0.1, -0.05) is 0 Å². The number of nitriles is 1. The Bertz CT molecular complexity index is 414. The first kappa shape index (κ1) is 9.48. The molecule has 0 radical (unpaired) electrons. The van der Waals surface area contributed by atoms with Crippen molar-refractivity contribution in [1.82, 2.24) is 0 Å². The molecule has 6 heteroatoms. The lowest BCUT2D eigenvalue weighted by molar-refractivity contribution is -0.388. The van der Waals surface area contributed by atoms with E-state index in [-0.39, 0.29) is 10.5 Å². The maximum atomic E-state index is 12.9. The zero-order chi connectivity index (χ0) is 10.0. The minimum atomic E-state index is -0.867. The van der Waals surface area contributed by atoms with Gasteiger partial charge in [0.25, 0.3) is 5.69 Å². The van der Waals surface area contributed by atoms with Crippen molar-refractivity contribution in [2.45, 2.75) is 4.90 Å². The molecule has 0 heterocycles. The van der Waals surface area contributed by atoms with E-state index in [4.69, 9.17) is 5.26 Å². The molecular weight excluding hydrogens is 195 g/mol. The molecule has 1 aromatic carbocycles. The maximum absolute atomic E-state index is 12.9. The van der Waals surface area contributed by atoms with Crippen LogP contribution in [0.1, 0.15) is 5.56 Å². The van der Waals surface area contributed by atoms with Crippen LogP contribution in [0, 0.1) is 27.3 Å². The average Bonchev–Trinajstić information content (AvgIpc) is 2.09. The van der Waals surface area contributed by atoms with Crippen molar-refractivity contribution in [2.75, 3.05) is 0 Å². The highest BCUT2D eigenvalue weighted by Gasteiger charge is 2.16. The molecule has 0 N–H and O–H groups in total. The molecule has 66 valence electrons. The van der Waals surface area contributed by atoms with Gasteiger partial charge in [-0.25, -0.2) is 4.39 Å². The van der Waals surface area contributed by atoms with Gasteiger partial charge in [-0.05, 0) is 6.07 Å². The van der Waals surface area contributed by atoms with Crippen LogP contribution < -0.4 is 0 Å². The predicted molar refractivity (Wildman–Crippen MR) is 45.0 cm³/mol. The molecular formula is C7H3FN2O2S. The van der Waals surface area contributed by atoms with E-state index >= 15 is 0 Å². The molecule has 4 nitrogen and oxygen atoms in total. The first-order valence-electron chi connectivity index (χ1n) is 3.13. The summed E-state index contributed by atoms with van der Waals surface area (Å²) in [4.78, 5) is 9.18. The second kappa shape index (κ2) is 3.41. The topological polar surface area (TPSA) is 66.9 Å². The van der Waals surface area contributed by atoms with E-state index in [1.807, 2.05) is 0 Å². The molecule has 0 aromatic heterocycles. The van der Waals surface area contributed by atoms with Gasteiger partial charge in [-0.3, -0.25) is 10.1 Å². The van der Waals surface area contributed by atoms with Gasteiger partial charge >= 0.3 is 0 Å². The van der Waals surface area contributed by atoms with Crippen LogP contribution in [0.25, 0.3) is 0 Å². The monoisotopic (exact) mass is 198 g/mol. The third-order valence-electron chi connectivity index (χ3n) is 1.37. The first-order chi connectivity index (χ1) is 6.06. The number of benzene rings is 1. The number of halogens is 1. The SMILES string of the molecule is N#Cc1cc(F)c(S)c([N+](=O)[O-])c1. The number of nitrogens with zero attached hydrogens (tertiary/aromatic N) is 2. The normalized spacial score (nSPS) is 9.31. The number of hydrogen-bond donors (Lipinski definition) is 1. The minimum absolute atomic E-state index is 0.0954. The molecule has 0 spiro atoms. The molecule has 0 amide bonds. The fourth-order valence-electron chi connectivity index (χ4n) is 0.788. The summed E-state index contributed by atoms with van der Waals surface area (Å²) >= 11 is 3.61. The van der Waals surface area contributed by atoms with Crippen LogP contribution in [0.5, 0.6) is 0 Å². The highest BCUT2D eigenvalue weighted by molar-refractivity contribution is 7.80. The average molecular weight is 198 g/mol. The van der Waals surface area contributed by atoms with Crippen molar-refractivity contribution in [2.24, 2.45) is 0 Å². The predicted octanol–water partition coefficient (Wildman–Crippen LogP) is 1.89. The van der Waals surface area contributed by atoms with E-state index in [1.54, 1.807) is 6.07 Å². The first-order valence-corrected chi connectivity index (χ1v) is 3.58. The van der Waals surface area contributed by atoms with Gasteiger partial charge in [0.15, 0.2) is 0 Å². The van der Waals surface area contributed by atoms with Crippen LogP contribution in [-0.4, -0.2) is 4.92 Å². The standard InChI is InChI=1S/C7H3FN2O2S/c8-5-1-4(3-9)2-6(7(5)13)10(11)12/h1-2,13H. The molecule has 13 heavy (non-hydrogen) atoms. The zero-order valence-corrected chi connectivity index (χ0v) is 7.09. The summed E-state index contributed by atoms with van der Waals surface area (Å²) in [7, 11) is 0. The maximum Gasteiger partial charge on any atom is 0.286 e. The molecule has 0 atom stereocenters. The number of nitro groups is 1. The van der Waals surface area contributed by atoms with Crippen LogP contribution in [-0.2, 0) is 0 Å². The van der Waals surface area contributed by atoms with Crippen LogP contribution in [0.4, 0.5) is 10.1 Å². The summed E-state index contributed by atoms with van der Waals surface area (Å²) in [6.07, 6.45) is 0. The fraction of sp³-hybridized carbons (Fsp3) is 0. The van der Waals surface area contributed by atoms with Crippen molar-refractivity contribution in [3.63, 3.8) is 0 Å². The Labute approximate surface area is 78.2 Å². The van der Waals surface area contributed by atoms with E-state index in [1.165, 1.54) is 0 Å². The molecule has 0 bridgehead atoms. The quantitative estimate of drug-likeness (QED) is 0.425. The Morgan fingerprint density at radius 3 is 2.69 bits per heavy atom. The van der Waals surface area contributed by atoms with Crippen molar-refractivity contribution in [3.8, 4) is 6.07 Å². The van der Waals surface area contributed by atoms with Gasteiger partial charge in [0, 0.05) is 6.07 Å². The van der Waals surface area contributed by atoms with Gasteiger partial charge in [-0.15, -0.1) is 12.6 Å². The molecule has 1 rings (SSSR count). The van der Waals surface area contributed by atoms with Gasteiger partial charge in [0.2, 0.25) is 0 Å². The van der Waals surface area contributed by atoms with Crippen molar-refractivity contribution >= 4 is 18.3 Å². The fourth-order valence-corrected chi connectivity index (χ4v) is 0.999. The van der Waals surface area contributed by atoms with Gasteiger partial charge in [-0.2, -0.15) is 5.26 Å². The molecule has 0 aliphatic rings. The molecule has 0 fully saturated rings. The van der Waals surface area contributed by atoms with Crippen molar-refractivity contribution in [3.05, 3.63) is 33.6 Å². The summed E-state index contributed by atoms with van der Waals surface area (Å²) in [6, 6.07) is 3.49. The number of nitro benzene ring substituents is 1. The lowest BCUT2D eigenvalue weighted by Gasteiger charge is -1.97. The van der Waals surface area contributed by atoms with E-state index in [0.29, 0.717) is 0 Å². The number of thiol groups is 1. The summed E-state index contributed by atoms with van der Waals surface area (Å²) in [5.41, 5.74) is -0.595. The second-order valence-electron chi connectivity index (χ2n) is 2.19. The molecule has 0 aliphatic carbocycles. The Morgan fingerprint density at radius 2 is 2.23 bits per heavy atom. The lowest BCUT2D eigenvalue weighted by Crippen LogP contribution is -1.93. The number of rotatable bonds is 1. The van der Waals surface area contributed by atoms with Crippen LogP contribution in [0.2, 0.25) is 0 Å². The molecule has 0 unspecified atom stereocenters.